The summed E-state index contributed by atoms with van der Waals surface area (Å²) in [5.74, 6) is -0.194. The van der Waals surface area contributed by atoms with E-state index in [1.807, 2.05) is 39.0 Å². The van der Waals surface area contributed by atoms with E-state index in [9.17, 15) is 4.79 Å². The van der Waals surface area contributed by atoms with E-state index >= 15 is 0 Å². The van der Waals surface area contributed by atoms with E-state index in [1.54, 1.807) is 7.05 Å². The summed E-state index contributed by atoms with van der Waals surface area (Å²) in [6, 6.07) is 14.3. The zero-order valence-electron chi connectivity index (χ0n) is 15.0. The summed E-state index contributed by atoms with van der Waals surface area (Å²) in [5.41, 5.74) is 0.406. The van der Waals surface area contributed by atoms with E-state index in [1.165, 1.54) is 5.39 Å². The van der Waals surface area contributed by atoms with Gasteiger partial charge in [0.25, 0.3) is 0 Å². The van der Waals surface area contributed by atoms with Crippen LogP contribution in [0.2, 0.25) is 0 Å². The molecule has 0 amide bonds. The maximum Gasteiger partial charge on any atom is 0.326 e. The molecule has 0 heterocycles. The Morgan fingerprint density at radius 1 is 1.13 bits per heavy atom. The molecule has 3 nitrogen and oxygen atoms in total. The third kappa shape index (κ3) is 5.07. The number of benzene rings is 2. The number of hydrogen-bond donors (Lipinski definition) is 1. The first kappa shape index (κ1) is 19.2. The molecule has 126 valence electrons. The minimum Gasteiger partial charge on any atom is -0.459 e. The zero-order chi connectivity index (χ0) is 17.3. The minimum atomic E-state index is -0.606. The molecule has 3 heteroatoms. The average molecular weight is 315 g/mol. The van der Waals surface area contributed by atoms with Crippen molar-refractivity contribution in [2.45, 2.75) is 52.7 Å². The molecular weight excluding hydrogens is 286 g/mol. The molecule has 1 atom stereocenters. The van der Waals surface area contributed by atoms with Gasteiger partial charge in [-0.2, -0.15) is 0 Å². The van der Waals surface area contributed by atoms with E-state index in [0.717, 1.165) is 23.8 Å². The molecular formula is C20H29NO2. The summed E-state index contributed by atoms with van der Waals surface area (Å²) >= 11 is 0. The lowest BCUT2D eigenvalue weighted by Gasteiger charge is -2.26. The molecule has 2 aromatic rings. The maximum absolute atomic E-state index is 12.2. The Balaban J connectivity index is 0.00000127. The van der Waals surface area contributed by atoms with Crippen LogP contribution in [-0.4, -0.2) is 18.6 Å². The Kier molecular flexibility index (Phi) is 7.76. The normalized spacial score (nSPS) is 12.9. The van der Waals surface area contributed by atoms with Crippen molar-refractivity contribution in [3.8, 4) is 0 Å². The molecule has 23 heavy (non-hydrogen) atoms. The fourth-order valence-corrected chi connectivity index (χ4v) is 2.47. The van der Waals surface area contributed by atoms with Gasteiger partial charge in [-0.1, -0.05) is 63.6 Å². The predicted molar refractivity (Wildman–Crippen MR) is 97.5 cm³/mol. The van der Waals surface area contributed by atoms with Crippen molar-refractivity contribution in [1.29, 1.82) is 0 Å². The van der Waals surface area contributed by atoms with Crippen molar-refractivity contribution in [1.82, 2.24) is 5.32 Å². The highest BCUT2D eigenvalue weighted by Gasteiger charge is 2.31. The van der Waals surface area contributed by atoms with E-state index in [-0.39, 0.29) is 5.97 Å². The van der Waals surface area contributed by atoms with Crippen LogP contribution in [0, 0.1) is 0 Å². The first-order chi connectivity index (χ1) is 11.1. The van der Waals surface area contributed by atoms with Crippen LogP contribution in [0.3, 0.4) is 0 Å². The molecule has 0 fully saturated rings. The van der Waals surface area contributed by atoms with Crippen molar-refractivity contribution < 1.29 is 9.53 Å². The fraction of sp³-hybridized carbons (Fsp3) is 0.450. The van der Waals surface area contributed by atoms with E-state index in [4.69, 9.17) is 4.74 Å². The van der Waals surface area contributed by atoms with Gasteiger partial charge in [0.15, 0.2) is 0 Å². The molecule has 1 unspecified atom stereocenters. The van der Waals surface area contributed by atoms with Gasteiger partial charge in [0.05, 0.1) is 0 Å². The number of carbonyl (C=O) groups excluding carboxylic acids is 1. The van der Waals surface area contributed by atoms with Crippen LogP contribution in [0.4, 0.5) is 0 Å². The third-order valence-electron chi connectivity index (χ3n) is 3.94. The fourth-order valence-electron chi connectivity index (χ4n) is 2.47. The minimum absolute atomic E-state index is 0.194. The number of nitrogens with one attached hydrogen (secondary N) is 1. The zero-order valence-corrected chi connectivity index (χ0v) is 15.0. The lowest BCUT2D eigenvalue weighted by molar-refractivity contribution is -0.152. The van der Waals surface area contributed by atoms with Crippen LogP contribution in [0.15, 0.2) is 42.5 Å². The molecule has 0 aliphatic heterocycles. The van der Waals surface area contributed by atoms with Gasteiger partial charge in [0.2, 0.25) is 0 Å². The van der Waals surface area contributed by atoms with Gasteiger partial charge in [0.1, 0.15) is 12.1 Å². The van der Waals surface area contributed by atoms with Gasteiger partial charge in [-0.05, 0) is 42.8 Å². The van der Waals surface area contributed by atoms with Crippen LogP contribution >= 0.6 is 0 Å². The molecule has 0 bridgehead atoms. The van der Waals surface area contributed by atoms with Gasteiger partial charge in [-0.3, -0.25) is 4.79 Å². The second-order valence-electron chi connectivity index (χ2n) is 5.59. The van der Waals surface area contributed by atoms with Crippen LogP contribution < -0.4 is 5.32 Å². The summed E-state index contributed by atoms with van der Waals surface area (Å²) in [7, 11) is 1.80. The van der Waals surface area contributed by atoms with Crippen molar-refractivity contribution in [2.75, 3.05) is 7.05 Å². The molecule has 0 saturated heterocycles. The molecule has 0 radical (unpaired) electrons. The molecule has 0 saturated carbocycles. The molecule has 0 aliphatic rings. The van der Waals surface area contributed by atoms with E-state index < -0.39 is 5.54 Å². The number of rotatable bonds is 6. The summed E-state index contributed by atoms with van der Waals surface area (Å²) < 4.78 is 5.48. The number of hydrogen-bond acceptors (Lipinski definition) is 3. The van der Waals surface area contributed by atoms with E-state index in [0.29, 0.717) is 6.61 Å². The third-order valence-corrected chi connectivity index (χ3v) is 3.94. The van der Waals surface area contributed by atoms with Gasteiger partial charge < -0.3 is 10.1 Å². The Bertz CT molecular complexity index is 624. The molecule has 2 aromatic carbocycles. The summed E-state index contributed by atoms with van der Waals surface area (Å²) in [4.78, 5) is 12.2. The topological polar surface area (TPSA) is 38.3 Å². The Morgan fingerprint density at radius 3 is 2.39 bits per heavy atom. The predicted octanol–water partition coefficient (Wildman–Crippen LogP) is 4.69. The van der Waals surface area contributed by atoms with Crippen molar-refractivity contribution in [2.24, 2.45) is 0 Å². The second-order valence-corrected chi connectivity index (χ2v) is 5.59. The van der Waals surface area contributed by atoms with Crippen molar-refractivity contribution >= 4 is 16.7 Å². The summed E-state index contributed by atoms with van der Waals surface area (Å²) in [5, 5.41) is 5.43. The summed E-state index contributed by atoms with van der Waals surface area (Å²) in [6.45, 7) is 8.26. The number of likely N-dealkylation sites (N-methyl/N-ethyl adjacent to an activating group) is 1. The first-order valence-electron chi connectivity index (χ1n) is 8.43. The highest BCUT2D eigenvalue weighted by Crippen LogP contribution is 2.18. The average Bonchev–Trinajstić information content (AvgIpc) is 2.61. The largest absolute Gasteiger partial charge is 0.459 e. The maximum atomic E-state index is 12.2. The standard InChI is InChI=1S/C18H23NO2.C2H6/c1-4-11-18(2,19-3)17(20)21-13-14-9-10-15-7-5-6-8-16(15)12-14;1-2/h5-10,12,19H,4,11,13H2,1-3H3;1-2H3. The van der Waals surface area contributed by atoms with E-state index in [2.05, 4.69) is 36.5 Å². The highest BCUT2D eigenvalue weighted by molar-refractivity contribution is 5.83. The smallest absolute Gasteiger partial charge is 0.326 e. The van der Waals surface area contributed by atoms with Crippen LogP contribution in [0.25, 0.3) is 10.8 Å². The Morgan fingerprint density at radius 2 is 1.78 bits per heavy atom. The molecule has 0 aromatic heterocycles. The van der Waals surface area contributed by atoms with Gasteiger partial charge in [-0.25, -0.2) is 0 Å². The number of carbonyl (C=O) groups is 1. The molecule has 1 N–H and O–H groups in total. The first-order valence-corrected chi connectivity index (χ1v) is 8.43. The Labute approximate surface area is 140 Å². The highest BCUT2D eigenvalue weighted by atomic mass is 16.5. The quantitative estimate of drug-likeness (QED) is 0.786. The van der Waals surface area contributed by atoms with Gasteiger partial charge >= 0.3 is 5.97 Å². The Hall–Kier alpha value is -1.87. The van der Waals surface area contributed by atoms with Crippen LogP contribution in [0.1, 0.15) is 46.1 Å². The molecule has 0 aliphatic carbocycles. The SMILES string of the molecule is CC.CCCC(C)(NC)C(=O)OCc1ccc2ccccc2c1. The number of esters is 1. The molecule has 2 rings (SSSR count). The van der Waals surface area contributed by atoms with Crippen molar-refractivity contribution in [3.63, 3.8) is 0 Å². The number of ether oxygens (including phenoxy) is 1. The van der Waals surface area contributed by atoms with Crippen LogP contribution in [-0.2, 0) is 16.1 Å². The lowest BCUT2D eigenvalue weighted by atomic mass is 9.97. The molecule has 0 spiro atoms. The number of fused-ring (bicyclic) bond motifs is 1. The monoisotopic (exact) mass is 315 g/mol. The van der Waals surface area contributed by atoms with Gasteiger partial charge in [0, 0.05) is 0 Å². The van der Waals surface area contributed by atoms with Crippen molar-refractivity contribution in [3.05, 3.63) is 48.0 Å². The lowest BCUT2D eigenvalue weighted by Crippen LogP contribution is -2.48. The second kappa shape index (κ2) is 9.31. The van der Waals surface area contributed by atoms with Gasteiger partial charge in [-0.15, -0.1) is 0 Å². The van der Waals surface area contributed by atoms with Crippen LogP contribution in [0.5, 0.6) is 0 Å². The summed E-state index contributed by atoms with van der Waals surface area (Å²) in [6.07, 6.45) is 1.70.